The van der Waals surface area contributed by atoms with Gasteiger partial charge in [-0.1, -0.05) is 17.7 Å². The maximum atomic E-state index is 5.97. The highest BCUT2D eigenvalue weighted by Gasteiger charge is 2.04. The molecule has 0 aliphatic rings. The second-order valence-electron chi connectivity index (χ2n) is 3.07. The molecule has 0 amide bonds. The van der Waals surface area contributed by atoms with Gasteiger partial charge in [0.1, 0.15) is 5.75 Å². The first-order valence-electron chi connectivity index (χ1n) is 4.47. The fourth-order valence-electron chi connectivity index (χ4n) is 1.13. The van der Waals surface area contributed by atoms with Gasteiger partial charge in [0.2, 0.25) is 0 Å². The molecule has 0 aliphatic heterocycles. The third kappa shape index (κ3) is 2.44. The van der Waals surface area contributed by atoms with Crippen LogP contribution in [-0.2, 0) is 0 Å². The average Bonchev–Trinajstić information content (AvgIpc) is 2.25. The minimum Gasteiger partial charge on any atom is -0.423 e. The number of rotatable bonds is 2. The van der Waals surface area contributed by atoms with Gasteiger partial charge in [0, 0.05) is 12.4 Å². The minimum absolute atomic E-state index is 0.296. The van der Waals surface area contributed by atoms with Crippen LogP contribution in [0.4, 0.5) is 0 Å². The van der Waals surface area contributed by atoms with E-state index < -0.39 is 0 Å². The molecule has 2 rings (SSSR count). The number of hydrogen-bond acceptors (Lipinski definition) is 3. The van der Waals surface area contributed by atoms with Crippen molar-refractivity contribution in [2.24, 2.45) is 0 Å². The summed E-state index contributed by atoms with van der Waals surface area (Å²) >= 11 is 5.97. The van der Waals surface area contributed by atoms with Crippen LogP contribution >= 0.6 is 11.6 Å². The summed E-state index contributed by atoms with van der Waals surface area (Å²) in [4.78, 5) is 7.91. The lowest BCUT2D eigenvalue weighted by Crippen LogP contribution is -1.91. The molecule has 1 heterocycles. The number of aryl methyl sites for hydroxylation is 1. The van der Waals surface area contributed by atoms with Crippen molar-refractivity contribution in [1.82, 2.24) is 9.97 Å². The second kappa shape index (κ2) is 4.28. The molecule has 15 heavy (non-hydrogen) atoms. The molecule has 76 valence electrons. The molecular formula is C11H9ClN2O. The molecule has 0 aliphatic carbocycles. The van der Waals surface area contributed by atoms with Crippen LogP contribution in [0.3, 0.4) is 0 Å². The van der Waals surface area contributed by atoms with Gasteiger partial charge in [-0.3, -0.25) is 0 Å². The SMILES string of the molecule is Cc1ccc(Cl)c(Oc2ncccn2)c1. The number of ether oxygens (including phenoxy) is 1. The van der Waals surface area contributed by atoms with Crippen molar-refractivity contribution in [3.8, 4) is 11.8 Å². The summed E-state index contributed by atoms with van der Waals surface area (Å²) in [6.07, 6.45) is 3.23. The Hall–Kier alpha value is -1.61. The van der Waals surface area contributed by atoms with E-state index in [0.29, 0.717) is 16.8 Å². The molecule has 0 atom stereocenters. The number of aromatic nitrogens is 2. The van der Waals surface area contributed by atoms with Gasteiger partial charge in [0.25, 0.3) is 0 Å². The van der Waals surface area contributed by atoms with E-state index in [1.54, 1.807) is 24.5 Å². The van der Waals surface area contributed by atoms with Crippen molar-refractivity contribution in [2.45, 2.75) is 6.92 Å². The number of benzene rings is 1. The zero-order valence-electron chi connectivity index (χ0n) is 8.14. The summed E-state index contributed by atoms with van der Waals surface area (Å²) in [6.45, 7) is 1.97. The minimum atomic E-state index is 0.296. The summed E-state index contributed by atoms with van der Waals surface area (Å²) < 4.78 is 5.44. The van der Waals surface area contributed by atoms with Gasteiger partial charge in [-0.25, -0.2) is 9.97 Å². The Morgan fingerprint density at radius 1 is 1.20 bits per heavy atom. The monoisotopic (exact) mass is 220 g/mol. The summed E-state index contributed by atoms with van der Waals surface area (Å²) in [5.41, 5.74) is 1.07. The molecule has 0 spiro atoms. The highest BCUT2D eigenvalue weighted by atomic mass is 35.5. The molecule has 4 heteroatoms. The number of halogens is 1. The van der Waals surface area contributed by atoms with Crippen molar-refractivity contribution < 1.29 is 4.74 Å². The molecule has 0 saturated carbocycles. The van der Waals surface area contributed by atoms with Crippen LogP contribution in [0, 0.1) is 6.92 Å². The van der Waals surface area contributed by atoms with E-state index in [4.69, 9.17) is 16.3 Å². The van der Waals surface area contributed by atoms with E-state index in [1.165, 1.54) is 0 Å². The highest BCUT2D eigenvalue weighted by Crippen LogP contribution is 2.28. The van der Waals surface area contributed by atoms with Crippen molar-refractivity contribution in [2.75, 3.05) is 0 Å². The van der Waals surface area contributed by atoms with Gasteiger partial charge in [0.05, 0.1) is 5.02 Å². The lowest BCUT2D eigenvalue weighted by atomic mass is 10.2. The van der Waals surface area contributed by atoms with Crippen molar-refractivity contribution in [3.05, 3.63) is 47.2 Å². The van der Waals surface area contributed by atoms with Gasteiger partial charge in [-0.2, -0.15) is 0 Å². The van der Waals surface area contributed by atoms with Crippen LogP contribution in [0.2, 0.25) is 5.02 Å². The average molecular weight is 221 g/mol. The Labute approximate surface area is 92.7 Å². The predicted molar refractivity (Wildman–Crippen MR) is 58.3 cm³/mol. The normalized spacial score (nSPS) is 10.0. The van der Waals surface area contributed by atoms with Crippen molar-refractivity contribution in [1.29, 1.82) is 0 Å². The Kier molecular flexibility index (Phi) is 2.83. The van der Waals surface area contributed by atoms with Crippen LogP contribution in [0.25, 0.3) is 0 Å². The maximum Gasteiger partial charge on any atom is 0.321 e. The fraction of sp³-hybridized carbons (Fsp3) is 0.0909. The van der Waals surface area contributed by atoms with Gasteiger partial charge >= 0.3 is 6.01 Å². The quantitative estimate of drug-likeness (QED) is 0.780. The molecule has 0 fully saturated rings. The predicted octanol–water partition coefficient (Wildman–Crippen LogP) is 3.23. The van der Waals surface area contributed by atoms with E-state index in [-0.39, 0.29) is 0 Å². The maximum absolute atomic E-state index is 5.97. The van der Waals surface area contributed by atoms with Gasteiger partial charge in [-0.15, -0.1) is 0 Å². The van der Waals surface area contributed by atoms with E-state index in [2.05, 4.69) is 9.97 Å². The molecule has 3 nitrogen and oxygen atoms in total. The first-order valence-corrected chi connectivity index (χ1v) is 4.84. The molecule has 0 unspecified atom stereocenters. The summed E-state index contributed by atoms with van der Waals surface area (Å²) in [6, 6.07) is 7.57. The van der Waals surface area contributed by atoms with Crippen LogP contribution in [0.1, 0.15) is 5.56 Å². The van der Waals surface area contributed by atoms with Crippen LogP contribution < -0.4 is 4.74 Å². The fourth-order valence-corrected chi connectivity index (χ4v) is 1.28. The molecule has 0 N–H and O–H groups in total. The third-order valence-corrected chi connectivity index (χ3v) is 2.14. The summed E-state index contributed by atoms with van der Waals surface area (Å²) in [5, 5.41) is 0.549. The Balaban J connectivity index is 2.28. The van der Waals surface area contributed by atoms with E-state index in [1.807, 2.05) is 19.1 Å². The van der Waals surface area contributed by atoms with Gasteiger partial charge < -0.3 is 4.74 Å². The molecule has 1 aromatic heterocycles. The zero-order chi connectivity index (χ0) is 10.7. The van der Waals surface area contributed by atoms with Gasteiger partial charge in [0.15, 0.2) is 0 Å². The van der Waals surface area contributed by atoms with Crippen molar-refractivity contribution >= 4 is 11.6 Å². The smallest absolute Gasteiger partial charge is 0.321 e. The summed E-state index contributed by atoms with van der Waals surface area (Å²) in [5.74, 6) is 0.572. The summed E-state index contributed by atoms with van der Waals surface area (Å²) in [7, 11) is 0. The van der Waals surface area contributed by atoms with E-state index in [9.17, 15) is 0 Å². The topological polar surface area (TPSA) is 35.0 Å². The number of hydrogen-bond donors (Lipinski definition) is 0. The van der Waals surface area contributed by atoms with Crippen LogP contribution in [-0.4, -0.2) is 9.97 Å². The second-order valence-corrected chi connectivity index (χ2v) is 3.47. The van der Waals surface area contributed by atoms with Gasteiger partial charge in [-0.05, 0) is 30.7 Å². The molecule has 0 bridgehead atoms. The lowest BCUT2D eigenvalue weighted by Gasteiger charge is -2.05. The lowest BCUT2D eigenvalue weighted by molar-refractivity contribution is 0.441. The largest absolute Gasteiger partial charge is 0.423 e. The van der Waals surface area contributed by atoms with Crippen LogP contribution in [0.5, 0.6) is 11.8 Å². The molecule has 1 aromatic carbocycles. The Morgan fingerprint density at radius 3 is 2.67 bits per heavy atom. The Morgan fingerprint density at radius 2 is 1.93 bits per heavy atom. The molecule has 2 aromatic rings. The Bertz CT molecular complexity index is 459. The number of nitrogens with zero attached hydrogens (tertiary/aromatic N) is 2. The standard InChI is InChI=1S/C11H9ClN2O/c1-8-3-4-9(12)10(7-8)15-11-13-5-2-6-14-11/h2-7H,1H3. The highest BCUT2D eigenvalue weighted by molar-refractivity contribution is 6.32. The van der Waals surface area contributed by atoms with E-state index >= 15 is 0 Å². The first-order chi connectivity index (χ1) is 7.25. The first kappa shape index (κ1) is 9.93. The third-order valence-electron chi connectivity index (χ3n) is 1.83. The molecule has 0 saturated heterocycles. The van der Waals surface area contributed by atoms with E-state index in [0.717, 1.165) is 5.56 Å². The van der Waals surface area contributed by atoms with Crippen molar-refractivity contribution in [3.63, 3.8) is 0 Å². The molecular weight excluding hydrogens is 212 g/mol. The molecule has 0 radical (unpaired) electrons. The zero-order valence-corrected chi connectivity index (χ0v) is 8.90. The van der Waals surface area contributed by atoms with Crippen LogP contribution in [0.15, 0.2) is 36.7 Å².